The number of nitrogens with one attached hydrogen (secondary N) is 7. The third-order valence-electron chi connectivity index (χ3n) is 10.2. The van der Waals surface area contributed by atoms with Crippen molar-refractivity contribution in [3.8, 4) is 0 Å². The summed E-state index contributed by atoms with van der Waals surface area (Å²) in [6.07, 6.45) is -13.8. The number of aliphatic carboxylic acids is 4. The van der Waals surface area contributed by atoms with E-state index in [0.717, 1.165) is 0 Å². The molecular weight excluding hydrogens is 1000 g/mol. The number of carboxylic acids is 4. The molecule has 0 spiro atoms. The smallest absolute Gasteiger partial charge is 0.305 e. The molecule has 0 bridgehead atoms. The van der Waals surface area contributed by atoms with Crippen LogP contribution in [0.2, 0.25) is 0 Å². The van der Waals surface area contributed by atoms with Crippen molar-refractivity contribution >= 4 is 65.2 Å². The Morgan fingerprint density at radius 1 is 0.568 bits per heavy atom. The van der Waals surface area contributed by atoms with Gasteiger partial charge in [0.15, 0.2) is 6.10 Å². The van der Waals surface area contributed by atoms with Crippen LogP contribution in [-0.4, -0.2) is 234 Å². The summed E-state index contributed by atoms with van der Waals surface area (Å²) in [5.41, 5.74) is 8.39. The van der Waals surface area contributed by atoms with E-state index < -0.39 is 171 Å². The van der Waals surface area contributed by atoms with Gasteiger partial charge in [-0.25, -0.2) is 0 Å². The number of carbonyl (C=O) groups is 11. The first kappa shape index (κ1) is 65.2. The monoisotopic (exact) mass is 1070 g/mol. The quantitative estimate of drug-likeness (QED) is 0.0118. The summed E-state index contributed by atoms with van der Waals surface area (Å²) >= 11 is 0. The first-order valence-electron chi connectivity index (χ1n) is 22.8. The van der Waals surface area contributed by atoms with Gasteiger partial charge in [-0.3, -0.25) is 52.7 Å². The third kappa shape index (κ3) is 26.2. The van der Waals surface area contributed by atoms with E-state index in [1.54, 1.807) is 0 Å². The summed E-state index contributed by atoms with van der Waals surface area (Å²) in [4.78, 5) is 140. The van der Waals surface area contributed by atoms with Crippen molar-refractivity contribution in [3.05, 3.63) is 10.4 Å². The number of rotatable bonds is 38. The average Bonchev–Trinajstić information content (AvgIpc) is 3.32. The maximum atomic E-state index is 13.7. The van der Waals surface area contributed by atoms with Gasteiger partial charge in [-0.1, -0.05) is 19.0 Å². The minimum Gasteiger partial charge on any atom is -0.481 e. The Bertz CT molecular complexity index is 1960. The molecule has 10 atom stereocenters. The maximum Gasteiger partial charge on any atom is 0.305 e. The Kier molecular flexibility index (Phi) is 31.1. The van der Waals surface area contributed by atoms with E-state index in [0.29, 0.717) is 0 Å². The van der Waals surface area contributed by atoms with Crippen molar-refractivity contribution in [1.82, 2.24) is 37.2 Å². The lowest BCUT2D eigenvalue weighted by Gasteiger charge is -2.40. The highest BCUT2D eigenvalue weighted by molar-refractivity contribution is 5.98. The molecule has 14 N–H and O–H groups in total. The molecule has 0 aromatic carbocycles. The largest absolute Gasteiger partial charge is 0.481 e. The zero-order chi connectivity index (χ0) is 55.9. The van der Waals surface area contributed by atoms with Crippen molar-refractivity contribution in [1.29, 1.82) is 0 Å². The second-order valence-electron chi connectivity index (χ2n) is 16.4. The molecule has 0 saturated carbocycles. The summed E-state index contributed by atoms with van der Waals surface area (Å²) in [6, 6.07) is -8.73. The predicted octanol–water partition coefficient (Wildman–Crippen LogP) is -6.17. The summed E-state index contributed by atoms with van der Waals surface area (Å²) in [7, 11) is 0. The summed E-state index contributed by atoms with van der Waals surface area (Å²) < 4.78 is 26.4. The fourth-order valence-corrected chi connectivity index (χ4v) is 6.28. The average molecular weight is 1070 g/mol. The van der Waals surface area contributed by atoms with Crippen LogP contribution in [0.3, 0.4) is 0 Å². The van der Waals surface area contributed by atoms with Gasteiger partial charge in [-0.15, -0.1) is 0 Å². The number of carboxylic acid groups (broad SMARTS) is 4. The molecule has 74 heavy (non-hydrogen) atoms. The molecular formula is C41H66N10O23. The Hall–Kier alpha value is -6.84. The first-order chi connectivity index (χ1) is 34.9. The summed E-state index contributed by atoms with van der Waals surface area (Å²) in [5.74, 6) is -14.5. The minimum atomic E-state index is -2.20. The summed E-state index contributed by atoms with van der Waals surface area (Å²) in [6.45, 7) is 4.22. The molecule has 5 unspecified atom stereocenters. The number of nitrogens with zero attached hydrogens (tertiary/aromatic N) is 3. The first-order valence-corrected chi connectivity index (χ1v) is 22.8. The molecule has 1 aliphatic heterocycles. The third-order valence-corrected chi connectivity index (χ3v) is 10.2. The number of hydrogen-bond donors (Lipinski definition) is 14. The van der Waals surface area contributed by atoms with Crippen LogP contribution in [0.25, 0.3) is 10.4 Å². The van der Waals surface area contributed by atoms with E-state index in [2.05, 4.69) is 41.9 Å². The van der Waals surface area contributed by atoms with Gasteiger partial charge in [0, 0.05) is 24.4 Å². The Morgan fingerprint density at radius 2 is 1.07 bits per heavy atom. The maximum absolute atomic E-state index is 13.7. The second-order valence-corrected chi connectivity index (χ2v) is 16.4. The molecule has 0 aromatic rings. The van der Waals surface area contributed by atoms with Crippen LogP contribution in [0.15, 0.2) is 5.11 Å². The number of aliphatic hydroxyl groups excluding tert-OH is 3. The lowest BCUT2D eigenvalue weighted by molar-refractivity contribution is -0.219. The van der Waals surface area contributed by atoms with Crippen LogP contribution in [0, 0.1) is 5.92 Å². The predicted molar refractivity (Wildman–Crippen MR) is 244 cm³/mol. The molecule has 1 aliphatic rings. The number of amides is 7. The number of hydrogen-bond acceptors (Lipinski definition) is 20. The molecule has 7 amide bonds. The van der Waals surface area contributed by atoms with Gasteiger partial charge in [0.05, 0.1) is 72.1 Å². The number of aliphatic hydroxyl groups is 3. The van der Waals surface area contributed by atoms with Crippen molar-refractivity contribution in [2.24, 2.45) is 11.0 Å². The lowest BCUT2D eigenvalue weighted by Crippen LogP contribution is -2.65. The molecule has 33 heteroatoms. The van der Waals surface area contributed by atoms with Crippen LogP contribution < -0.4 is 37.2 Å². The van der Waals surface area contributed by atoms with E-state index in [1.807, 2.05) is 5.32 Å². The van der Waals surface area contributed by atoms with Crippen molar-refractivity contribution in [2.45, 2.75) is 114 Å². The fourth-order valence-electron chi connectivity index (χ4n) is 6.28. The Labute approximate surface area is 421 Å². The van der Waals surface area contributed by atoms with E-state index in [1.165, 1.54) is 20.8 Å². The molecule has 33 nitrogen and oxygen atoms in total. The van der Waals surface area contributed by atoms with Crippen LogP contribution in [-0.2, 0) is 76.4 Å². The minimum absolute atomic E-state index is 0.0125. The molecule has 1 saturated heterocycles. The molecule has 418 valence electrons. The van der Waals surface area contributed by atoms with Crippen LogP contribution in [0.4, 0.5) is 0 Å². The van der Waals surface area contributed by atoms with Gasteiger partial charge in [0.2, 0.25) is 35.4 Å². The van der Waals surface area contributed by atoms with E-state index in [4.69, 9.17) is 34.3 Å². The zero-order valence-electron chi connectivity index (χ0n) is 40.7. The van der Waals surface area contributed by atoms with E-state index >= 15 is 0 Å². The van der Waals surface area contributed by atoms with Gasteiger partial charge in [-0.2, -0.15) is 0 Å². The Balaban J connectivity index is 2.95. The zero-order valence-corrected chi connectivity index (χ0v) is 40.7. The standard InChI is InChI=1S/C41H66N10O23/c1-20(2)31(40(68)48-23(16-29(57)58)38(66)46-21(3)36(64)43-7-9-71-11-13-73-15-14-72-12-10-70-8-6-28(55)56)50-37(65)22(4-5-27(53)54)47-39(67)24(17-30(59)60)49-41(69)35-34(63)33(62)32(61)25(74-35)18-44-26(52)19-45-51-42/h20-25,31-35,61-63H,4-19H2,1-3H3,(H,43,64)(H,44,52)(H,46,66)(H,47,67)(H,48,68)(H,49,69)(H,50,65)(H,53,54)(H,55,56)(H,57,58)(H,59,60)/t21-,22-,23-,24-,25?,31-,32?,33?,34?,35?/m0/s1. The van der Waals surface area contributed by atoms with E-state index in [9.17, 15) is 83.4 Å². The highest BCUT2D eigenvalue weighted by atomic mass is 16.6. The van der Waals surface area contributed by atoms with E-state index in [-0.39, 0.29) is 65.8 Å². The van der Waals surface area contributed by atoms with Gasteiger partial charge < -0.3 is 96.6 Å². The number of azide groups is 1. The number of carbonyl (C=O) groups excluding carboxylic acids is 7. The van der Waals surface area contributed by atoms with Crippen LogP contribution >= 0.6 is 0 Å². The highest BCUT2D eigenvalue weighted by Crippen LogP contribution is 2.22. The van der Waals surface area contributed by atoms with Crippen LogP contribution in [0.5, 0.6) is 0 Å². The van der Waals surface area contributed by atoms with Crippen molar-refractivity contribution < 1.29 is 112 Å². The molecule has 1 fully saturated rings. The van der Waals surface area contributed by atoms with Gasteiger partial charge in [0.25, 0.3) is 5.91 Å². The van der Waals surface area contributed by atoms with Crippen LogP contribution in [0.1, 0.15) is 52.9 Å². The lowest BCUT2D eigenvalue weighted by atomic mass is 9.94. The SMILES string of the molecule is CC(C)[C@H](NC(=O)[C@H](CCC(=O)O)NC(=O)[C@H](CC(=O)O)NC(=O)C1OC(CNC(=O)CN=[N+]=[N-])C(O)C(O)C1O)C(=O)N[C@@H](CC(=O)O)C(=O)N[C@@H](C)C(=O)NCCOCCOCCOCCOCCC(=O)O. The number of ether oxygens (including phenoxy) is 5. The molecule has 0 aliphatic carbocycles. The van der Waals surface area contributed by atoms with Crippen molar-refractivity contribution in [3.63, 3.8) is 0 Å². The topological polar surface area (TPSA) is 508 Å². The molecule has 1 heterocycles. The highest BCUT2D eigenvalue weighted by Gasteiger charge is 2.47. The summed E-state index contributed by atoms with van der Waals surface area (Å²) in [5, 5.41) is 87.0. The van der Waals surface area contributed by atoms with Gasteiger partial charge in [0.1, 0.15) is 61.2 Å². The fraction of sp³-hybridized carbons (Fsp3) is 0.732. The van der Waals surface area contributed by atoms with Crippen molar-refractivity contribution in [2.75, 3.05) is 72.5 Å². The Morgan fingerprint density at radius 3 is 1.59 bits per heavy atom. The normalized spacial score (nSPS) is 19.1. The van der Waals surface area contributed by atoms with Gasteiger partial charge >= 0.3 is 23.9 Å². The molecule has 1 rings (SSSR count). The van der Waals surface area contributed by atoms with Gasteiger partial charge in [-0.05, 0) is 24.8 Å². The second kappa shape index (κ2) is 35.3. The molecule has 0 aromatic heterocycles. The molecule has 0 radical (unpaired) electrons.